The number of hydrogen-bond donors (Lipinski definition) is 2. The molecule has 0 radical (unpaired) electrons. The van der Waals surface area contributed by atoms with E-state index in [2.05, 4.69) is 10.0 Å². The quantitative estimate of drug-likeness (QED) is 0.692. The molecular weight excluding hydrogens is 411 g/mol. The Morgan fingerprint density at radius 3 is 2.22 bits per heavy atom. The number of ether oxygens (including phenoxy) is 1. The molecule has 0 bridgehead atoms. The van der Waals surface area contributed by atoms with Crippen molar-refractivity contribution >= 4 is 44.8 Å². The molecule has 0 unspecified atom stereocenters. The molecule has 9 heteroatoms. The molecule has 2 rings (SSSR count). The summed E-state index contributed by atoms with van der Waals surface area (Å²) in [6.45, 7) is 5.32. The lowest BCUT2D eigenvalue weighted by Crippen LogP contribution is -2.40. The first-order chi connectivity index (χ1) is 12.6. The Balaban J connectivity index is 2.10. The monoisotopic (exact) mass is 430 g/mol. The average Bonchev–Trinajstić information content (AvgIpc) is 2.57. The number of amides is 1. The third kappa shape index (κ3) is 6.02. The maximum absolute atomic E-state index is 12.5. The van der Waals surface area contributed by atoms with Crippen LogP contribution >= 0.6 is 23.2 Å². The van der Waals surface area contributed by atoms with Gasteiger partial charge in [-0.15, -0.1) is 0 Å². The van der Waals surface area contributed by atoms with E-state index in [4.69, 9.17) is 27.9 Å². The number of halogens is 2. The number of anilines is 1. The summed E-state index contributed by atoms with van der Waals surface area (Å²) in [6, 6.07) is 10.2. The van der Waals surface area contributed by atoms with Gasteiger partial charge in [0, 0.05) is 11.1 Å². The Bertz CT molecular complexity index is 915. The first kappa shape index (κ1) is 21.3. The molecule has 0 aliphatic rings. The van der Waals surface area contributed by atoms with E-state index in [1.807, 2.05) is 13.8 Å². The lowest BCUT2D eigenvalue weighted by atomic mass is 10.3. The summed E-state index contributed by atoms with van der Waals surface area (Å²) < 4.78 is 32.9. The van der Waals surface area contributed by atoms with Gasteiger partial charge >= 0.3 is 0 Å². The fourth-order valence-electron chi connectivity index (χ4n) is 2.13. The van der Waals surface area contributed by atoms with Crippen molar-refractivity contribution < 1.29 is 17.9 Å². The van der Waals surface area contributed by atoms with E-state index in [9.17, 15) is 13.2 Å². The second-order valence-corrected chi connectivity index (χ2v) is 8.65. The Morgan fingerprint density at radius 1 is 1.04 bits per heavy atom. The SMILES string of the molecule is CC(C)NC(=O)[C@@H](C)Oc1ccc(S(=O)(=O)Nc2ccc(Cl)cc2Cl)cc1. The van der Waals surface area contributed by atoms with Crippen LogP contribution in [0, 0.1) is 0 Å². The molecule has 2 aromatic carbocycles. The Kier molecular flexibility index (Phi) is 6.97. The van der Waals surface area contributed by atoms with Crippen LogP contribution in [0.5, 0.6) is 5.75 Å². The van der Waals surface area contributed by atoms with E-state index in [1.54, 1.807) is 6.92 Å². The Morgan fingerprint density at radius 2 is 1.67 bits per heavy atom. The predicted molar refractivity (Wildman–Crippen MR) is 107 cm³/mol. The molecule has 0 aliphatic carbocycles. The molecule has 0 aromatic heterocycles. The van der Waals surface area contributed by atoms with Crippen molar-refractivity contribution in [2.75, 3.05) is 4.72 Å². The van der Waals surface area contributed by atoms with Crippen molar-refractivity contribution in [2.45, 2.75) is 37.8 Å². The number of sulfonamides is 1. The molecule has 146 valence electrons. The van der Waals surface area contributed by atoms with Crippen LogP contribution in [-0.2, 0) is 14.8 Å². The van der Waals surface area contributed by atoms with Crippen LogP contribution in [0.15, 0.2) is 47.4 Å². The first-order valence-electron chi connectivity index (χ1n) is 8.13. The van der Waals surface area contributed by atoms with Gasteiger partial charge in [-0.2, -0.15) is 0 Å². The molecule has 2 N–H and O–H groups in total. The standard InChI is InChI=1S/C18H20Cl2N2O4S/c1-11(2)21-18(23)12(3)26-14-5-7-15(8-6-14)27(24,25)22-17-9-4-13(19)10-16(17)20/h4-12,22H,1-3H3,(H,21,23)/t12-/m1/s1. The van der Waals surface area contributed by atoms with E-state index in [0.29, 0.717) is 10.8 Å². The number of nitrogens with one attached hydrogen (secondary N) is 2. The summed E-state index contributed by atoms with van der Waals surface area (Å²) in [5.74, 6) is 0.130. The smallest absolute Gasteiger partial charge is 0.261 e. The second-order valence-electron chi connectivity index (χ2n) is 6.12. The van der Waals surface area contributed by atoms with Gasteiger partial charge in [0.1, 0.15) is 5.75 Å². The molecule has 0 aliphatic heterocycles. The first-order valence-corrected chi connectivity index (χ1v) is 10.4. The zero-order valence-electron chi connectivity index (χ0n) is 15.0. The number of hydrogen-bond acceptors (Lipinski definition) is 4. The van der Waals surface area contributed by atoms with Crippen LogP contribution in [0.25, 0.3) is 0 Å². The number of carbonyl (C=O) groups is 1. The van der Waals surface area contributed by atoms with Crippen LogP contribution in [0.3, 0.4) is 0 Å². The van der Waals surface area contributed by atoms with Crippen LogP contribution in [0.4, 0.5) is 5.69 Å². The molecule has 1 amide bonds. The topological polar surface area (TPSA) is 84.5 Å². The van der Waals surface area contributed by atoms with E-state index < -0.39 is 16.1 Å². The maximum Gasteiger partial charge on any atom is 0.261 e. The summed E-state index contributed by atoms with van der Waals surface area (Å²) in [5.41, 5.74) is 0.223. The van der Waals surface area contributed by atoms with Gasteiger partial charge in [0.25, 0.3) is 15.9 Å². The molecule has 0 fully saturated rings. The van der Waals surface area contributed by atoms with Gasteiger partial charge in [0.2, 0.25) is 0 Å². The van der Waals surface area contributed by atoms with Crippen molar-refractivity contribution in [3.05, 3.63) is 52.5 Å². The lowest BCUT2D eigenvalue weighted by molar-refractivity contribution is -0.127. The van der Waals surface area contributed by atoms with Gasteiger partial charge in [-0.1, -0.05) is 23.2 Å². The van der Waals surface area contributed by atoms with Crippen molar-refractivity contribution in [2.24, 2.45) is 0 Å². The number of rotatable bonds is 7. The van der Waals surface area contributed by atoms with Gasteiger partial charge in [-0.05, 0) is 63.2 Å². The average molecular weight is 431 g/mol. The summed E-state index contributed by atoms with van der Waals surface area (Å²) in [7, 11) is -3.84. The minimum absolute atomic E-state index is 0.00170. The van der Waals surface area contributed by atoms with Crippen molar-refractivity contribution in [3.63, 3.8) is 0 Å². The Hall–Kier alpha value is -1.96. The summed E-state index contributed by atoms with van der Waals surface area (Å²) in [5, 5.41) is 3.34. The normalized spacial score (nSPS) is 12.5. The lowest BCUT2D eigenvalue weighted by Gasteiger charge is -2.16. The maximum atomic E-state index is 12.5. The second kappa shape index (κ2) is 8.82. The molecule has 0 saturated carbocycles. The fraction of sp³-hybridized carbons (Fsp3) is 0.278. The molecule has 2 aromatic rings. The van der Waals surface area contributed by atoms with Gasteiger partial charge in [-0.25, -0.2) is 8.42 Å². The molecule has 6 nitrogen and oxygen atoms in total. The van der Waals surface area contributed by atoms with Crippen LogP contribution in [0.2, 0.25) is 10.0 Å². The molecule has 27 heavy (non-hydrogen) atoms. The minimum Gasteiger partial charge on any atom is -0.481 e. The van der Waals surface area contributed by atoms with Crippen molar-refractivity contribution in [1.82, 2.24) is 5.32 Å². The minimum atomic E-state index is -3.84. The zero-order valence-corrected chi connectivity index (χ0v) is 17.3. The highest BCUT2D eigenvalue weighted by atomic mass is 35.5. The van der Waals surface area contributed by atoms with Gasteiger partial charge in [0.05, 0.1) is 15.6 Å². The van der Waals surface area contributed by atoms with Crippen LogP contribution < -0.4 is 14.8 Å². The van der Waals surface area contributed by atoms with E-state index in [-0.39, 0.29) is 27.6 Å². The van der Waals surface area contributed by atoms with Crippen LogP contribution in [0.1, 0.15) is 20.8 Å². The Labute approximate surface area is 168 Å². The largest absolute Gasteiger partial charge is 0.481 e. The van der Waals surface area contributed by atoms with Crippen molar-refractivity contribution in [3.8, 4) is 5.75 Å². The fourth-order valence-corrected chi connectivity index (χ4v) is 3.72. The summed E-state index contributed by atoms with van der Waals surface area (Å²) >= 11 is 11.8. The molecular formula is C18H20Cl2N2O4S. The number of benzene rings is 2. The van der Waals surface area contributed by atoms with E-state index in [0.717, 1.165) is 0 Å². The third-order valence-electron chi connectivity index (χ3n) is 3.42. The highest BCUT2D eigenvalue weighted by Crippen LogP contribution is 2.28. The van der Waals surface area contributed by atoms with Crippen molar-refractivity contribution in [1.29, 1.82) is 0 Å². The zero-order chi connectivity index (χ0) is 20.2. The third-order valence-corrected chi connectivity index (χ3v) is 5.35. The van der Waals surface area contributed by atoms with E-state index >= 15 is 0 Å². The molecule has 0 saturated heterocycles. The van der Waals surface area contributed by atoms with Gasteiger partial charge < -0.3 is 10.1 Å². The van der Waals surface area contributed by atoms with Gasteiger partial charge in [0.15, 0.2) is 6.10 Å². The highest BCUT2D eigenvalue weighted by molar-refractivity contribution is 7.92. The molecule has 0 spiro atoms. The highest BCUT2D eigenvalue weighted by Gasteiger charge is 2.18. The summed E-state index contributed by atoms with van der Waals surface area (Å²) in [6.07, 6.45) is -0.708. The predicted octanol–water partition coefficient (Wildman–Crippen LogP) is 4.09. The molecule has 0 heterocycles. The number of carbonyl (C=O) groups excluding carboxylic acids is 1. The van der Waals surface area contributed by atoms with Crippen LogP contribution in [-0.4, -0.2) is 26.5 Å². The van der Waals surface area contributed by atoms with Gasteiger partial charge in [-0.3, -0.25) is 9.52 Å². The summed E-state index contributed by atoms with van der Waals surface area (Å²) in [4.78, 5) is 11.9. The molecule has 1 atom stereocenters. The van der Waals surface area contributed by atoms with E-state index in [1.165, 1.54) is 42.5 Å².